The molecule has 1 aromatic carbocycles. The Bertz CT molecular complexity index is 875. The number of nitrogens with one attached hydrogen (secondary N) is 1. The van der Waals surface area contributed by atoms with Gasteiger partial charge in [-0.25, -0.2) is 18.7 Å². The van der Waals surface area contributed by atoms with Crippen LogP contribution in [0, 0.1) is 17.6 Å². The zero-order valence-corrected chi connectivity index (χ0v) is 19.9. The Morgan fingerprint density at radius 1 is 1.06 bits per heavy atom. The molecule has 2 fully saturated rings. The van der Waals surface area contributed by atoms with Gasteiger partial charge in [-0.2, -0.15) is 0 Å². The van der Waals surface area contributed by atoms with Gasteiger partial charge in [0, 0.05) is 77.0 Å². The lowest BCUT2D eigenvalue weighted by Crippen LogP contribution is -2.53. The van der Waals surface area contributed by atoms with E-state index in [4.69, 9.17) is 0 Å². The van der Waals surface area contributed by atoms with E-state index in [-0.39, 0.29) is 24.0 Å². The molecule has 1 unspecified atom stereocenters. The zero-order valence-electron chi connectivity index (χ0n) is 17.5. The molecule has 0 aliphatic carbocycles. The van der Waals surface area contributed by atoms with E-state index in [1.54, 1.807) is 25.5 Å². The van der Waals surface area contributed by atoms with Crippen LogP contribution in [0.5, 0.6) is 0 Å². The summed E-state index contributed by atoms with van der Waals surface area (Å²) in [5.74, 6) is 0.487. The number of anilines is 2. The van der Waals surface area contributed by atoms with Crippen molar-refractivity contribution in [3.8, 4) is 0 Å². The minimum absolute atomic E-state index is 0. The molecule has 0 amide bonds. The molecule has 0 spiro atoms. The summed E-state index contributed by atoms with van der Waals surface area (Å²) in [6.07, 6.45) is 4.53. The summed E-state index contributed by atoms with van der Waals surface area (Å²) in [6, 6.07) is 5.93. The highest BCUT2D eigenvalue weighted by molar-refractivity contribution is 14.0. The molecule has 1 atom stereocenters. The predicted octanol–water partition coefficient (Wildman–Crippen LogP) is 2.60. The largest absolute Gasteiger partial charge is 0.371 e. The Kier molecular flexibility index (Phi) is 8.22. The van der Waals surface area contributed by atoms with E-state index in [9.17, 15) is 8.78 Å². The molecule has 0 radical (unpaired) electrons. The van der Waals surface area contributed by atoms with Crippen LogP contribution < -0.4 is 15.1 Å². The summed E-state index contributed by atoms with van der Waals surface area (Å²) in [6.45, 7) is 5.85. The van der Waals surface area contributed by atoms with Crippen molar-refractivity contribution in [3.05, 3.63) is 48.3 Å². The first-order valence-electron chi connectivity index (χ1n) is 10.3. The smallest absolute Gasteiger partial charge is 0.225 e. The lowest BCUT2D eigenvalue weighted by molar-refractivity contribution is 0.367. The minimum Gasteiger partial charge on any atom is -0.371 e. The fourth-order valence-electron chi connectivity index (χ4n) is 4.06. The van der Waals surface area contributed by atoms with Crippen molar-refractivity contribution in [1.29, 1.82) is 0 Å². The third-order valence-corrected chi connectivity index (χ3v) is 5.73. The molecular formula is C21H28F2IN7. The van der Waals surface area contributed by atoms with E-state index >= 15 is 0 Å². The molecule has 2 aliphatic heterocycles. The van der Waals surface area contributed by atoms with Gasteiger partial charge in [-0.05, 0) is 30.5 Å². The average Bonchev–Trinajstić information content (AvgIpc) is 3.26. The highest BCUT2D eigenvalue weighted by Gasteiger charge is 2.25. The number of nitrogens with zero attached hydrogens (tertiary/aromatic N) is 6. The van der Waals surface area contributed by atoms with Gasteiger partial charge in [0.2, 0.25) is 5.95 Å². The SMILES string of the molecule is CN=C(NCC1CCN(c2ccc(F)c(F)c2)C1)N1CCN(c2ncccn2)CC1.I. The molecule has 10 heteroatoms. The summed E-state index contributed by atoms with van der Waals surface area (Å²) in [4.78, 5) is 19.6. The molecule has 1 N–H and O–H groups in total. The predicted molar refractivity (Wildman–Crippen MR) is 129 cm³/mol. The fourth-order valence-corrected chi connectivity index (χ4v) is 4.06. The fraction of sp³-hybridized carbons (Fsp3) is 0.476. The monoisotopic (exact) mass is 543 g/mol. The van der Waals surface area contributed by atoms with Crippen LogP contribution in [0.25, 0.3) is 0 Å². The van der Waals surface area contributed by atoms with E-state index in [1.807, 2.05) is 6.07 Å². The minimum atomic E-state index is -0.807. The highest BCUT2D eigenvalue weighted by atomic mass is 127. The number of aromatic nitrogens is 2. The molecule has 7 nitrogen and oxygen atoms in total. The number of guanidine groups is 1. The van der Waals surface area contributed by atoms with Crippen LogP contribution in [-0.2, 0) is 0 Å². The van der Waals surface area contributed by atoms with E-state index in [0.29, 0.717) is 5.92 Å². The van der Waals surface area contributed by atoms with Gasteiger partial charge in [0.1, 0.15) is 0 Å². The lowest BCUT2D eigenvalue weighted by Gasteiger charge is -2.36. The van der Waals surface area contributed by atoms with E-state index in [1.165, 1.54) is 12.1 Å². The second-order valence-electron chi connectivity index (χ2n) is 7.65. The summed E-state index contributed by atoms with van der Waals surface area (Å²) in [5, 5.41) is 3.49. The first-order chi connectivity index (χ1) is 14.6. The number of hydrogen-bond donors (Lipinski definition) is 1. The Morgan fingerprint density at radius 3 is 2.48 bits per heavy atom. The van der Waals surface area contributed by atoms with Crippen LogP contribution in [0.4, 0.5) is 20.4 Å². The number of benzene rings is 1. The zero-order chi connectivity index (χ0) is 20.9. The lowest BCUT2D eigenvalue weighted by atomic mass is 10.1. The second-order valence-corrected chi connectivity index (χ2v) is 7.65. The van der Waals surface area contributed by atoms with Crippen LogP contribution in [0.3, 0.4) is 0 Å². The Balaban J connectivity index is 0.00000272. The van der Waals surface area contributed by atoms with Crippen LogP contribution in [-0.4, -0.2) is 73.7 Å². The summed E-state index contributed by atoms with van der Waals surface area (Å²) < 4.78 is 26.7. The first kappa shape index (κ1) is 23.4. The number of piperazine rings is 1. The van der Waals surface area contributed by atoms with Crippen molar-refractivity contribution in [2.75, 3.05) is 62.7 Å². The Morgan fingerprint density at radius 2 is 1.81 bits per heavy atom. The molecule has 3 heterocycles. The molecule has 0 saturated carbocycles. The van der Waals surface area contributed by atoms with Crippen LogP contribution in [0.2, 0.25) is 0 Å². The van der Waals surface area contributed by atoms with Gasteiger partial charge in [0.05, 0.1) is 0 Å². The molecule has 2 saturated heterocycles. The highest BCUT2D eigenvalue weighted by Crippen LogP contribution is 2.25. The van der Waals surface area contributed by atoms with E-state index in [0.717, 1.165) is 69.8 Å². The topological polar surface area (TPSA) is 59.9 Å². The molecule has 31 heavy (non-hydrogen) atoms. The van der Waals surface area contributed by atoms with Crippen LogP contribution in [0.1, 0.15) is 6.42 Å². The standard InChI is InChI=1S/C21H27F2N7.HI/c1-24-20(28-9-11-29(12-10-28)21-25-6-2-7-26-21)27-14-16-5-8-30(15-16)17-3-4-18(22)19(23)13-17;/h2-4,6-7,13,16H,5,8-12,14-15H2,1H3,(H,24,27);1H. The van der Waals surface area contributed by atoms with Crippen LogP contribution in [0.15, 0.2) is 41.7 Å². The Hall–Kier alpha value is -2.24. The average molecular weight is 543 g/mol. The van der Waals surface area contributed by atoms with Crippen molar-refractivity contribution < 1.29 is 8.78 Å². The van der Waals surface area contributed by atoms with Crippen molar-refractivity contribution >= 4 is 41.6 Å². The van der Waals surface area contributed by atoms with Gasteiger partial charge < -0.3 is 20.0 Å². The molecule has 168 valence electrons. The summed E-state index contributed by atoms with van der Waals surface area (Å²) in [5.41, 5.74) is 0.736. The molecule has 1 aromatic heterocycles. The third kappa shape index (κ3) is 5.72. The van der Waals surface area contributed by atoms with E-state index < -0.39 is 11.6 Å². The van der Waals surface area contributed by atoms with Crippen molar-refractivity contribution in [2.24, 2.45) is 10.9 Å². The maximum Gasteiger partial charge on any atom is 0.225 e. The maximum atomic E-state index is 13.5. The Labute approximate surface area is 198 Å². The second kappa shape index (κ2) is 10.9. The molecule has 0 bridgehead atoms. The number of halogens is 3. The van der Waals surface area contributed by atoms with Gasteiger partial charge in [-0.1, -0.05) is 0 Å². The molecule has 2 aromatic rings. The molecule has 2 aliphatic rings. The quantitative estimate of drug-likeness (QED) is 0.364. The van der Waals surface area contributed by atoms with Gasteiger partial charge in [0.15, 0.2) is 17.6 Å². The van der Waals surface area contributed by atoms with Crippen molar-refractivity contribution in [1.82, 2.24) is 20.2 Å². The summed E-state index contributed by atoms with van der Waals surface area (Å²) >= 11 is 0. The third-order valence-electron chi connectivity index (χ3n) is 5.73. The van der Waals surface area contributed by atoms with E-state index in [2.05, 4.69) is 35.0 Å². The van der Waals surface area contributed by atoms with Gasteiger partial charge in [-0.3, -0.25) is 4.99 Å². The number of hydrogen-bond acceptors (Lipinski definition) is 5. The summed E-state index contributed by atoms with van der Waals surface area (Å²) in [7, 11) is 1.80. The van der Waals surface area contributed by atoms with Gasteiger partial charge >= 0.3 is 0 Å². The van der Waals surface area contributed by atoms with Crippen molar-refractivity contribution in [3.63, 3.8) is 0 Å². The molecule has 4 rings (SSSR count). The molecular weight excluding hydrogens is 515 g/mol. The van der Waals surface area contributed by atoms with Gasteiger partial charge in [-0.15, -0.1) is 24.0 Å². The maximum absolute atomic E-state index is 13.5. The van der Waals surface area contributed by atoms with Crippen molar-refractivity contribution in [2.45, 2.75) is 6.42 Å². The number of aliphatic imine (C=N–C) groups is 1. The van der Waals surface area contributed by atoms with Gasteiger partial charge in [0.25, 0.3) is 0 Å². The van der Waals surface area contributed by atoms with Crippen LogP contribution >= 0.6 is 24.0 Å². The normalized spacial score (nSPS) is 19.4. The first-order valence-corrected chi connectivity index (χ1v) is 10.3. The number of rotatable bonds is 4.